The summed E-state index contributed by atoms with van der Waals surface area (Å²) in [5, 5.41) is 2.27. The average Bonchev–Trinajstić information content (AvgIpc) is 3.05. The summed E-state index contributed by atoms with van der Waals surface area (Å²) in [4.78, 5) is 17.2. The predicted molar refractivity (Wildman–Crippen MR) is 198 cm³/mol. The molecular formula is C43H55NO2. The minimum atomic E-state index is 0.0104. The fourth-order valence-corrected chi connectivity index (χ4v) is 7.83. The van der Waals surface area contributed by atoms with Crippen LogP contribution in [-0.2, 0) is 6.42 Å². The molecule has 4 aromatic carbocycles. The molecule has 244 valence electrons. The van der Waals surface area contributed by atoms with Crippen LogP contribution in [0.3, 0.4) is 0 Å². The minimum Gasteiger partial charge on any atom is -0.496 e. The molecule has 0 aromatic heterocycles. The smallest absolute Gasteiger partial charge is 0.164 e. The Balaban J connectivity index is 1.78. The van der Waals surface area contributed by atoms with Crippen molar-refractivity contribution >= 4 is 22.2 Å². The molecule has 46 heavy (non-hydrogen) atoms. The number of carbonyl (C=O) groups is 1. The zero-order valence-electron chi connectivity index (χ0n) is 29.6. The van der Waals surface area contributed by atoms with Crippen molar-refractivity contribution in [1.82, 2.24) is 0 Å². The van der Waals surface area contributed by atoms with Crippen LogP contribution in [0.5, 0.6) is 5.75 Å². The van der Waals surface area contributed by atoms with Crippen molar-refractivity contribution in [2.24, 2.45) is 17.3 Å². The molecule has 0 saturated carbocycles. The Labute approximate surface area is 278 Å². The number of rotatable bonds is 13. The second-order valence-electron chi connectivity index (χ2n) is 14.5. The highest BCUT2D eigenvalue weighted by atomic mass is 16.5. The summed E-state index contributed by atoms with van der Waals surface area (Å²) in [7, 11) is 1.76. The SMILES string of the molecule is CCN(CC)c1cc(-c2c(OC)ccc3ccc(-c4ccccc4)cc23)c2c(c1C)CC(CCCC(C)C)(CCC(C)C)CC2=O. The number of ether oxygens (including phenoxy) is 1. The van der Waals surface area contributed by atoms with Crippen molar-refractivity contribution in [3.63, 3.8) is 0 Å². The van der Waals surface area contributed by atoms with Gasteiger partial charge in [-0.2, -0.15) is 0 Å². The largest absolute Gasteiger partial charge is 0.496 e. The van der Waals surface area contributed by atoms with Gasteiger partial charge in [0.2, 0.25) is 0 Å². The van der Waals surface area contributed by atoms with Gasteiger partial charge >= 0.3 is 0 Å². The summed E-state index contributed by atoms with van der Waals surface area (Å²) in [5.41, 5.74) is 9.12. The molecule has 0 saturated heterocycles. The summed E-state index contributed by atoms with van der Waals surface area (Å²) in [6.07, 6.45) is 7.37. The van der Waals surface area contributed by atoms with E-state index >= 15 is 0 Å². The molecule has 0 heterocycles. The molecular weight excluding hydrogens is 562 g/mol. The van der Waals surface area contributed by atoms with E-state index in [1.165, 1.54) is 35.2 Å². The van der Waals surface area contributed by atoms with Crippen LogP contribution >= 0.6 is 0 Å². The van der Waals surface area contributed by atoms with E-state index in [4.69, 9.17) is 4.74 Å². The maximum absolute atomic E-state index is 14.8. The van der Waals surface area contributed by atoms with Gasteiger partial charge in [-0.25, -0.2) is 0 Å². The number of anilines is 1. The maximum atomic E-state index is 14.8. The topological polar surface area (TPSA) is 29.5 Å². The second-order valence-corrected chi connectivity index (χ2v) is 14.5. The third kappa shape index (κ3) is 6.89. The highest BCUT2D eigenvalue weighted by Gasteiger charge is 2.41. The summed E-state index contributed by atoms with van der Waals surface area (Å²) < 4.78 is 6.12. The van der Waals surface area contributed by atoms with E-state index in [0.29, 0.717) is 24.0 Å². The summed E-state index contributed by atoms with van der Waals surface area (Å²) in [5.74, 6) is 2.42. The first-order valence-electron chi connectivity index (χ1n) is 17.7. The van der Waals surface area contributed by atoms with Crippen LogP contribution in [0.15, 0.2) is 66.7 Å². The van der Waals surface area contributed by atoms with Gasteiger partial charge in [0.15, 0.2) is 5.78 Å². The van der Waals surface area contributed by atoms with Crippen LogP contribution < -0.4 is 9.64 Å². The van der Waals surface area contributed by atoms with Crippen molar-refractivity contribution in [2.45, 2.75) is 93.4 Å². The Morgan fingerprint density at radius 3 is 2.15 bits per heavy atom. The first kappa shape index (κ1) is 33.8. The molecule has 0 fully saturated rings. The molecule has 0 spiro atoms. The van der Waals surface area contributed by atoms with Gasteiger partial charge in [-0.15, -0.1) is 0 Å². The highest BCUT2D eigenvalue weighted by Crippen LogP contribution is 2.51. The van der Waals surface area contributed by atoms with E-state index in [0.717, 1.165) is 77.5 Å². The Bertz CT molecular complexity index is 1660. The van der Waals surface area contributed by atoms with Crippen LogP contribution in [0.2, 0.25) is 0 Å². The van der Waals surface area contributed by atoms with Crippen LogP contribution in [0.1, 0.15) is 102 Å². The maximum Gasteiger partial charge on any atom is 0.164 e. The normalized spacial score (nSPS) is 16.3. The van der Waals surface area contributed by atoms with Gasteiger partial charge < -0.3 is 9.64 Å². The lowest BCUT2D eigenvalue weighted by Gasteiger charge is -2.41. The van der Waals surface area contributed by atoms with E-state index < -0.39 is 0 Å². The van der Waals surface area contributed by atoms with E-state index in [9.17, 15) is 4.79 Å². The van der Waals surface area contributed by atoms with Crippen molar-refractivity contribution in [1.29, 1.82) is 0 Å². The summed E-state index contributed by atoms with van der Waals surface area (Å²) in [6, 6.07) is 23.8. The number of fused-ring (bicyclic) bond motifs is 2. The van der Waals surface area contributed by atoms with Gasteiger partial charge in [-0.1, -0.05) is 95.5 Å². The number of benzene rings is 4. The van der Waals surface area contributed by atoms with Crippen LogP contribution in [0, 0.1) is 24.2 Å². The van der Waals surface area contributed by atoms with Gasteiger partial charge in [0, 0.05) is 36.3 Å². The van der Waals surface area contributed by atoms with Crippen LogP contribution in [0.4, 0.5) is 5.69 Å². The molecule has 1 unspecified atom stereocenters. The molecule has 0 radical (unpaired) electrons. The van der Waals surface area contributed by atoms with Gasteiger partial charge in [0.1, 0.15) is 5.75 Å². The number of methoxy groups -OCH3 is 1. The number of carbonyl (C=O) groups excluding carboxylic acids is 1. The predicted octanol–water partition coefficient (Wildman–Crippen LogP) is 11.7. The molecule has 3 heteroatoms. The number of nitrogens with zero attached hydrogens (tertiary/aromatic N) is 1. The Morgan fingerprint density at radius 2 is 1.50 bits per heavy atom. The van der Waals surface area contributed by atoms with Crippen LogP contribution in [0.25, 0.3) is 33.0 Å². The zero-order chi connectivity index (χ0) is 33.0. The quantitative estimate of drug-likeness (QED) is 0.149. The molecule has 1 aliphatic carbocycles. The van der Waals surface area contributed by atoms with E-state index in [2.05, 4.69) is 120 Å². The van der Waals surface area contributed by atoms with Gasteiger partial charge in [0.25, 0.3) is 0 Å². The van der Waals surface area contributed by atoms with Crippen molar-refractivity contribution < 1.29 is 9.53 Å². The first-order chi connectivity index (χ1) is 22.1. The average molecular weight is 618 g/mol. The fraction of sp³-hybridized carbons (Fsp3) is 0.465. The molecule has 3 nitrogen and oxygen atoms in total. The van der Waals surface area contributed by atoms with Crippen molar-refractivity contribution in [3.05, 3.63) is 83.4 Å². The monoisotopic (exact) mass is 617 g/mol. The molecule has 4 aromatic rings. The van der Waals surface area contributed by atoms with Gasteiger partial charge in [0.05, 0.1) is 7.11 Å². The highest BCUT2D eigenvalue weighted by molar-refractivity contribution is 6.11. The molecule has 0 bridgehead atoms. The Morgan fingerprint density at radius 1 is 0.804 bits per heavy atom. The first-order valence-corrected chi connectivity index (χ1v) is 17.7. The van der Waals surface area contributed by atoms with E-state index in [1.54, 1.807) is 7.11 Å². The Hall–Kier alpha value is -3.59. The minimum absolute atomic E-state index is 0.0104. The van der Waals surface area contributed by atoms with E-state index in [1.807, 2.05) is 0 Å². The number of ketones is 1. The van der Waals surface area contributed by atoms with Crippen molar-refractivity contribution in [3.8, 4) is 28.0 Å². The summed E-state index contributed by atoms with van der Waals surface area (Å²) >= 11 is 0. The number of hydrogen-bond acceptors (Lipinski definition) is 3. The fourth-order valence-electron chi connectivity index (χ4n) is 7.83. The Kier molecular flexibility index (Phi) is 10.6. The van der Waals surface area contributed by atoms with Crippen LogP contribution in [-0.4, -0.2) is 26.0 Å². The lowest BCUT2D eigenvalue weighted by atomic mass is 9.63. The summed E-state index contributed by atoms with van der Waals surface area (Å²) in [6.45, 7) is 17.8. The standard InChI is InChI=1S/C43H55NO2/c1-9-44(10-2)38-26-36(42-35-25-34(32-16-12-11-13-17-32)19-18-33(35)20-21-40(42)46-8)41-37(31(38)7)27-43(28-39(41)45,24-22-30(5)6)23-14-15-29(3)4/h11-13,16-21,25-26,29-30H,9-10,14-15,22-24,27-28H2,1-8H3. The second kappa shape index (κ2) is 14.4. The molecule has 0 amide bonds. The molecule has 0 aliphatic heterocycles. The van der Waals surface area contributed by atoms with Gasteiger partial charge in [-0.3, -0.25) is 4.79 Å². The van der Waals surface area contributed by atoms with Crippen molar-refractivity contribution in [2.75, 3.05) is 25.1 Å². The third-order valence-corrected chi connectivity index (χ3v) is 10.5. The molecule has 1 aliphatic rings. The lowest BCUT2D eigenvalue weighted by molar-refractivity contribution is 0.0844. The lowest BCUT2D eigenvalue weighted by Crippen LogP contribution is -2.35. The van der Waals surface area contributed by atoms with Gasteiger partial charge in [-0.05, 0) is 114 Å². The third-order valence-electron chi connectivity index (χ3n) is 10.5. The molecule has 5 rings (SSSR count). The van der Waals surface area contributed by atoms with E-state index in [-0.39, 0.29) is 5.41 Å². The number of Topliss-reactive ketones (excluding diaryl/α,β-unsaturated/α-hetero) is 1. The zero-order valence-corrected chi connectivity index (χ0v) is 29.6. The number of hydrogen-bond donors (Lipinski definition) is 0. The molecule has 0 N–H and O–H groups in total. The molecule has 1 atom stereocenters.